The topological polar surface area (TPSA) is 131 Å². The zero-order chi connectivity index (χ0) is 41.0. The minimum atomic E-state index is -1.12. The zero-order valence-corrected chi connectivity index (χ0v) is 34.2. The molecule has 1 saturated carbocycles. The highest BCUT2D eigenvalue weighted by Gasteiger charge is 2.48. The Morgan fingerprint density at radius 3 is 2.09 bits per heavy atom. The van der Waals surface area contributed by atoms with E-state index in [1.54, 1.807) is 24.1 Å². The van der Waals surface area contributed by atoms with Gasteiger partial charge in [-0.3, -0.25) is 14.5 Å². The predicted molar refractivity (Wildman–Crippen MR) is 224 cm³/mol. The van der Waals surface area contributed by atoms with Gasteiger partial charge in [0.15, 0.2) is 0 Å². The van der Waals surface area contributed by atoms with Gasteiger partial charge in [0.2, 0.25) is 11.8 Å². The second kappa shape index (κ2) is 17.3. The second-order valence-corrected chi connectivity index (χ2v) is 16.2. The average molecular weight is 787 g/mol. The number of fused-ring (bicyclic) bond motifs is 3. The molecule has 1 fully saturated rings. The number of benzene rings is 4. The summed E-state index contributed by atoms with van der Waals surface area (Å²) >= 11 is 0. The number of amides is 3. The van der Waals surface area contributed by atoms with Gasteiger partial charge >= 0.3 is 6.09 Å². The van der Waals surface area contributed by atoms with Crippen molar-refractivity contribution in [1.29, 1.82) is 0 Å². The van der Waals surface area contributed by atoms with Crippen molar-refractivity contribution >= 4 is 28.8 Å². The molecule has 3 amide bonds. The average Bonchev–Trinajstić information content (AvgIpc) is 3.62. The lowest BCUT2D eigenvalue weighted by molar-refractivity contribution is -0.133. The van der Waals surface area contributed by atoms with Gasteiger partial charge in [-0.15, -0.1) is 0 Å². The molecular formula is C47H54N4O7. The van der Waals surface area contributed by atoms with E-state index >= 15 is 4.79 Å². The molecule has 0 radical (unpaired) electrons. The zero-order valence-electron chi connectivity index (χ0n) is 34.2. The van der Waals surface area contributed by atoms with Crippen molar-refractivity contribution in [1.82, 2.24) is 20.5 Å². The molecule has 1 aliphatic carbocycles. The van der Waals surface area contributed by atoms with Crippen LogP contribution in [-0.4, -0.2) is 60.8 Å². The molecule has 11 nitrogen and oxygen atoms in total. The maximum atomic E-state index is 15.1. The van der Waals surface area contributed by atoms with E-state index < -0.39 is 41.6 Å². The quantitative estimate of drug-likeness (QED) is 0.122. The first-order valence-corrected chi connectivity index (χ1v) is 20.1. The number of aromatic nitrogens is 1. The number of ether oxygens (including phenoxy) is 4. The van der Waals surface area contributed by atoms with Crippen molar-refractivity contribution in [3.05, 3.63) is 113 Å². The summed E-state index contributed by atoms with van der Waals surface area (Å²) in [6, 6.07) is 26.6. The number of carbonyl (C=O) groups excluding carboxylic acids is 3. The monoisotopic (exact) mass is 786 g/mol. The molecule has 304 valence electrons. The summed E-state index contributed by atoms with van der Waals surface area (Å²) in [5.74, 6) is 0.708. The van der Waals surface area contributed by atoms with Crippen LogP contribution < -0.4 is 24.8 Å². The molecule has 0 bridgehead atoms. The first kappa shape index (κ1) is 40.2. The summed E-state index contributed by atoms with van der Waals surface area (Å²) in [7, 11) is 4.63. The summed E-state index contributed by atoms with van der Waals surface area (Å²) in [4.78, 5) is 49.4. The molecule has 2 heterocycles. The largest absolute Gasteiger partial charge is 0.496 e. The predicted octanol–water partition coefficient (Wildman–Crippen LogP) is 8.82. The Hall–Kier alpha value is -5.97. The third-order valence-electron chi connectivity index (χ3n) is 11.3. The highest BCUT2D eigenvalue weighted by molar-refractivity contribution is 5.94. The van der Waals surface area contributed by atoms with Crippen LogP contribution in [0.15, 0.2) is 91.0 Å². The summed E-state index contributed by atoms with van der Waals surface area (Å²) in [5.41, 5.74) is 5.30. The Balaban J connectivity index is 1.27. The summed E-state index contributed by atoms with van der Waals surface area (Å²) in [6.45, 7) is 5.54. The van der Waals surface area contributed by atoms with Gasteiger partial charge in [0.05, 0.1) is 39.5 Å². The third-order valence-corrected chi connectivity index (χ3v) is 11.3. The van der Waals surface area contributed by atoms with Crippen LogP contribution in [0.1, 0.15) is 87.3 Å². The maximum Gasteiger partial charge on any atom is 0.411 e. The number of hydrogen-bond donors (Lipinski definition) is 3. The Kier molecular flexibility index (Phi) is 12.0. The Morgan fingerprint density at radius 2 is 1.45 bits per heavy atom. The molecule has 5 aromatic rings. The first-order chi connectivity index (χ1) is 28.0. The molecule has 11 heteroatoms. The lowest BCUT2D eigenvalue weighted by Crippen LogP contribution is -2.58. The second-order valence-electron chi connectivity index (χ2n) is 16.2. The van der Waals surface area contributed by atoms with Gasteiger partial charge < -0.3 is 34.6 Å². The minimum Gasteiger partial charge on any atom is -0.496 e. The molecule has 2 unspecified atom stereocenters. The molecule has 0 saturated heterocycles. The van der Waals surface area contributed by atoms with E-state index in [0.717, 1.165) is 65.4 Å². The highest BCUT2D eigenvalue weighted by Crippen LogP contribution is 2.46. The van der Waals surface area contributed by atoms with E-state index in [2.05, 4.69) is 21.7 Å². The normalized spacial score (nSPS) is 17.5. The molecule has 7 rings (SSSR count). The number of nitrogens with zero attached hydrogens (tertiary/aromatic N) is 1. The molecule has 3 atom stereocenters. The van der Waals surface area contributed by atoms with Crippen LogP contribution in [0, 0.1) is 5.92 Å². The number of aromatic amines is 1. The fourth-order valence-electron chi connectivity index (χ4n) is 8.57. The van der Waals surface area contributed by atoms with Crippen LogP contribution in [0.3, 0.4) is 0 Å². The fraction of sp³-hybridized carbons (Fsp3) is 0.383. The van der Waals surface area contributed by atoms with Crippen LogP contribution in [0.5, 0.6) is 17.2 Å². The Bertz CT molecular complexity index is 2210. The van der Waals surface area contributed by atoms with Gasteiger partial charge in [0.1, 0.15) is 34.9 Å². The highest BCUT2D eigenvalue weighted by atomic mass is 16.6. The minimum absolute atomic E-state index is 0.0412. The maximum absolute atomic E-state index is 15.1. The molecule has 4 aromatic carbocycles. The Morgan fingerprint density at radius 1 is 0.810 bits per heavy atom. The van der Waals surface area contributed by atoms with Crippen molar-refractivity contribution in [2.75, 3.05) is 21.3 Å². The molecule has 3 N–H and O–H groups in total. The smallest absolute Gasteiger partial charge is 0.411 e. The number of methoxy groups -OCH3 is 3. The van der Waals surface area contributed by atoms with Gasteiger partial charge in [0, 0.05) is 35.2 Å². The lowest BCUT2D eigenvalue weighted by Gasteiger charge is -2.45. The Labute approximate surface area is 340 Å². The standard InChI is InChI=1S/C47H54N4O7/c1-47(2,3)58-46(54)51-38(27-35-34-19-13-14-20-37(34)49-42(35)43(51)32-17-11-8-12-18-32)44(52)50-41(31-23-21-30(22-24-31)29-15-9-7-10-16-29)45(53)48-28-36-39(56-5)25-33(55-4)26-40(36)57-6/h7,9-10,13-16,19-26,32,38,41,43,49H,8,11-12,17-18,27-28H2,1-6H3,(H,48,53)(H,50,52)/t38-,41?,43?/m1/s1. The molecular weight excluding hydrogens is 733 g/mol. The van der Waals surface area contributed by atoms with E-state index in [1.807, 2.05) is 93.6 Å². The van der Waals surface area contributed by atoms with E-state index in [9.17, 15) is 9.59 Å². The summed E-state index contributed by atoms with van der Waals surface area (Å²) in [5, 5.41) is 7.18. The van der Waals surface area contributed by atoms with E-state index in [1.165, 1.54) is 14.2 Å². The van der Waals surface area contributed by atoms with Crippen LogP contribution in [-0.2, 0) is 27.3 Å². The van der Waals surface area contributed by atoms with Crippen LogP contribution in [0.4, 0.5) is 4.79 Å². The van der Waals surface area contributed by atoms with Gasteiger partial charge in [-0.25, -0.2) is 4.79 Å². The first-order valence-electron chi connectivity index (χ1n) is 20.1. The van der Waals surface area contributed by atoms with Crippen molar-refractivity contribution < 1.29 is 33.3 Å². The molecule has 2 aliphatic rings. The number of hydrogen-bond acceptors (Lipinski definition) is 7. The van der Waals surface area contributed by atoms with Gasteiger partial charge in [-0.1, -0.05) is 92.1 Å². The fourth-order valence-corrected chi connectivity index (χ4v) is 8.57. The van der Waals surface area contributed by atoms with Crippen LogP contribution in [0.2, 0.25) is 0 Å². The van der Waals surface area contributed by atoms with Crippen molar-refractivity contribution in [3.63, 3.8) is 0 Å². The number of rotatable bonds is 11. The number of para-hydroxylation sites is 1. The third kappa shape index (κ3) is 8.49. The molecule has 1 aromatic heterocycles. The summed E-state index contributed by atoms with van der Waals surface area (Å²) in [6.07, 6.45) is 4.75. The van der Waals surface area contributed by atoms with Crippen molar-refractivity contribution in [2.24, 2.45) is 5.92 Å². The van der Waals surface area contributed by atoms with Crippen molar-refractivity contribution in [2.45, 2.75) is 89.6 Å². The SMILES string of the molecule is COc1cc(OC)c(CNC(=O)C(NC(=O)[C@H]2Cc3c([nH]c4ccccc34)C(C3CCCCC3)N2C(=O)OC(C)(C)C)c2ccc(-c3ccccc3)cc2)c(OC)c1. The molecule has 58 heavy (non-hydrogen) atoms. The molecule has 1 aliphatic heterocycles. The van der Waals surface area contributed by atoms with E-state index in [-0.39, 0.29) is 18.9 Å². The number of carbonyl (C=O) groups is 3. The van der Waals surface area contributed by atoms with Gasteiger partial charge in [0.25, 0.3) is 0 Å². The van der Waals surface area contributed by atoms with E-state index in [0.29, 0.717) is 28.4 Å². The number of nitrogens with one attached hydrogen (secondary N) is 3. The van der Waals surface area contributed by atoms with Crippen molar-refractivity contribution in [3.8, 4) is 28.4 Å². The van der Waals surface area contributed by atoms with Crippen LogP contribution >= 0.6 is 0 Å². The van der Waals surface area contributed by atoms with Gasteiger partial charge in [-0.05, 0) is 67.9 Å². The summed E-state index contributed by atoms with van der Waals surface area (Å²) < 4.78 is 22.8. The van der Waals surface area contributed by atoms with Gasteiger partial charge in [-0.2, -0.15) is 0 Å². The molecule has 0 spiro atoms. The lowest BCUT2D eigenvalue weighted by atomic mass is 9.78. The van der Waals surface area contributed by atoms with Crippen LogP contribution in [0.25, 0.3) is 22.0 Å². The number of H-pyrrole nitrogens is 1. The van der Waals surface area contributed by atoms with E-state index in [4.69, 9.17) is 18.9 Å².